The van der Waals surface area contributed by atoms with E-state index in [-0.39, 0.29) is 5.56 Å². The van der Waals surface area contributed by atoms with Crippen molar-refractivity contribution in [3.63, 3.8) is 0 Å². The van der Waals surface area contributed by atoms with Gasteiger partial charge in [-0.25, -0.2) is 4.39 Å². The smallest absolute Gasteiger partial charge is 0.318 e. The monoisotopic (exact) mass is 281 g/mol. The van der Waals surface area contributed by atoms with Crippen molar-refractivity contribution in [3.05, 3.63) is 46.1 Å². The lowest BCUT2D eigenvalue weighted by Crippen LogP contribution is -2.34. The van der Waals surface area contributed by atoms with Gasteiger partial charge in [0.05, 0.1) is 0 Å². The van der Waals surface area contributed by atoms with E-state index in [0.717, 1.165) is 6.07 Å². The van der Waals surface area contributed by atoms with Crippen LogP contribution < -0.4 is 0 Å². The summed E-state index contributed by atoms with van der Waals surface area (Å²) in [4.78, 5) is 14.4. The molecule has 0 aliphatic rings. The minimum atomic E-state index is -1.61. The van der Waals surface area contributed by atoms with Crippen LogP contribution in [-0.2, 0) is 9.53 Å². The summed E-state index contributed by atoms with van der Waals surface area (Å²) in [5, 5.41) is 13.3. The lowest BCUT2D eigenvalue weighted by molar-refractivity contribution is -0.159. The van der Waals surface area contributed by atoms with Gasteiger partial charge in [0, 0.05) is 10.5 Å². The molecule has 0 unspecified atom stereocenters. The number of carbonyl (C=O) groups excluding carboxylic acids is 1. The normalized spacial score (nSPS) is 14.1. The van der Waals surface area contributed by atoms with Crippen molar-refractivity contribution in [1.29, 1.82) is 0 Å². The number of hydrogen-bond donors (Lipinski definition) is 1. The first-order chi connectivity index (χ1) is 9.26. The van der Waals surface area contributed by atoms with Crippen molar-refractivity contribution < 1.29 is 19.0 Å². The zero-order chi connectivity index (χ0) is 15.3. The topological polar surface area (TPSA) is 95.3 Å². The fraction of sp³-hybridized carbons (Fsp3) is 0.462. The van der Waals surface area contributed by atoms with Gasteiger partial charge in [0.15, 0.2) is 6.04 Å². The standard InChI is InChI=1S/C13H16FN3O3/c1-13(2,3)20-12(19)10(16-17-15)11(18)8-6-4-5-7-9(8)14/h4-7,10-11,18H,1-3H3/t10-,11-/m0/s1. The number of benzene rings is 1. The lowest BCUT2D eigenvalue weighted by atomic mass is 10.0. The second-order valence-corrected chi connectivity index (χ2v) is 5.15. The molecular weight excluding hydrogens is 265 g/mol. The minimum absolute atomic E-state index is 0.129. The molecule has 1 aromatic rings. The molecule has 0 amide bonds. The highest BCUT2D eigenvalue weighted by atomic mass is 19.1. The van der Waals surface area contributed by atoms with Crippen LogP contribution in [0.15, 0.2) is 29.4 Å². The third-order valence-corrected chi connectivity index (χ3v) is 2.35. The van der Waals surface area contributed by atoms with Crippen LogP contribution in [0.5, 0.6) is 0 Å². The summed E-state index contributed by atoms with van der Waals surface area (Å²) in [6.45, 7) is 4.90. The maximum absolute atomic E-state index is 13.6. The number of rotatable bonds is 4. The van der Waals surface area contributed by atoms with E-state index in [1.54, 1.807) is 20.8 Å². The van der Waals surface area contributed by atoms with Crippen molar-refractivity contribution in [2.24, 2.45) is 5.11 Å². The van der Waals surface area contributed by atoms with Crippen LogP contribution in [0.4, 0.5) is 4.39 Å². The van der Waals surface area contributed by atoms with Gasteiger partial charge in [0.25, 0.3) is 0 Å². The Hall–Kier alpha value is -2.11. The first-order valence-corrected chi connectivity index (χ1v) is 5.96. The Morgan fingerprint density at radius 2 is 2.05 bits per heavy atom. The van der Waals surface area contributed by atoms with Gasteiger partial charge >= 0.3 is 5.97 Å². The quantitative estimate of drug-likeness (QED) is 0.398. The van der Waals surface area contributed by atoms with Gasteiger partial charge in [-0.3, -0.25) is 4.79 Å². The van der Waals surface area contributed by atoms with E-state index in [2.05, 4.69) is 10.0 Å². The Morgan fingerprint density at radius 1 is 1.45 bits per heavy atom. The van der Waals surface area contributed by atoms with E-state index in [4.69, 9.17) is 10.3 Å². The highest BCUT2D eigenvalue weighted by Crippen LogP contribution is 2.24. The first-order valence-electron chi connectivity index (χ1n) is 5.96. The molecule has 0 saturated carbocycles. The second-order valence-electron chi connectivity index (χ2n) is 5.15. The minimum Gasteiger partial charge on any atom is -0.460 e. The molecule has 20 heavy (non-hydrogen) atoms. The average Bonchev–Trinajstić information content (AvgIpc) is 2.33. The van der Waals surface area contributed by atoms with Crippen LogP contribution in [0.2, 0.25) is 0 Å². The third kappa shape index (κ3) is 4.22. The van der Waals surface area contributed by atoms with Crippen LogP contribution in [0, 0.1) is 5.82 Å². The van der Waals surface area contributed by atoms with Gasteiger partial charge in [-0.1, -0.05) is 23.3 Å². The van der Waals surface area contributed by atoms with Crippen LogP contribution in [0.25, 0.3) is 10.4 Å². The number of hydrogen-bond acceptors (Lipinski definition) is 4. The molecule has 1 rings (SSSR count). The fourth-order valence-electron chi connectivity index (χ4n) is 1.54. The third-order valence-electron chi connectivity index (χ3n) is 2.35. The maximum Gasteiger partial charge on any atom is 0.318 e. The number of azide groups is 1. The van der Waals surface area contributed by atoms with E-state index in [1.807, 2.05) is 0 Å². The van der Waals surface area contributed by atoms with E-state index >= 15 is 0 Å². The van der Waals surface area contributed by atoms with Crippen LogP contribution in [-0.4, -0.2) is 22.7 Å². The zero-order valence-electron chi connectivity index (χ0n) is 11.4. The highest BCUT2D eigenvalue weighted by molar-refractivity contribution is 5.77. The summed E-state index contributed by atoms with van der Waals surface area (Å²) >= 11 is 0. The summed E-state index contributed by atoms with van der Waals surface area (Å²) in [5.74, 6) is -1.60. The van der Waals surface area contributed by atoms with Crippen LogP contribution in [0.1, 0.15) is 32.4 Å². The molecule has 0 bridgehead atoms. The molecule has 0 saturated heterocycles. The van der Waals surface area contributed by atoms with Gasteiger partial charge in [0.2, 0.25) is 0 Å². The molecule has 0 aromatic heterocycles. The molecule has 7 heteroatoms. The number of halogens is 1. The number of nitrogens with zero attached hydrogens (tertiary/aromatic N) is 3. The van der Waals surface area contributed by atoms with Gasteiger partial charge in [-0.2, -0.15) is 0 Å². The molecular formula is C13H16FN3O3. The summed E-state index contributed by atoms with van der Waals surface area (Å²) in [5.41, 5.74) is 7.56. The Balaban J connectivity index is 3.05. The molecule has 0 heterocycles. The summed E-state index contributed by atoms with van der Waals surface area (Å²) in [6, 6.07) is 3.85. The molecule has 2 atom stereocenters. The summed E-state index contributed by atoms with van der Waals surface area (Å²) < 4.78 is 18.6. The SMILES string of the molecule is CC(C)(C)OC(=O)[C@@H](N=[N+]=[N-])[C@@H](O)c1ccccc1F. The van der Waals surface area contributed by atoms with Gasteiger partial charge in [-0.05, 0) is 32.4 Å². The Morgan fingerprint density at radius 3 is 2.55 bits per heavy atom. The van der Waals surface area contributed by atoms with Gasteiger partial charge in [-0.15, -0.1) is 0 Å². The maximum atomic E-state index is 13.6. The predicted molar refractivity (Wildman–Crippen MR) is 70.1 cm³/mol. The van der Waals surface area contributed by atoms with Crippen molar-refractivity contribution in [2.75, 3.05) is 0 Å². The number of aliphatic hydroxyl groups excluding tert-OH is 1. The van der Waals surface area contributed by atoms with Crippen LogP contribution >= 0.6 is 0 Å². The fourth-order valence-corrected chi connectivity index (χ4v) is 1.54. The molecule has 108 valence electrons. The summed E-state index contributed by atoms with van der Waals surface area (Å²) in [7, 11) is 0. The number of ether oxygens (including phenoxy) is 1. The average molecular weight is 281 g/mol. The number of aliphatic hydroxyl groups is 1. The Labute approximate surface area is 115 Å². The van der Waals surface area contributed by atoms with Gasteiger partial charge < -0.3 is 9.84 Å². The number of esters is 1. The Kier molecular flexibility index (Phi) is 5.07. The molecule has 0 spiro atoms. The lowest BCUT2D eigenvalue weighted by Gasteiger charge is -2.24. The summed E-state index contributed by atoms with van der Waals surface area (Å²) in [6.07, 6.45) is -1.61. The van der Waals surface area contributed by atoms with E-state index in [1.165, 1.54) is 18.2 Å². The molecule has 0 aliphatic heterocycles. The highest BCUT2D eigenvalue weighted by Gasteiger charge is 2.32. The second kappa shape index (κ2) is 6.36. The zero-order valence-corrected chi connectivity index (χ0v) is 11.4. The predicted octanol–water partition coefficient (Wildman–Crippen LogP) is 2.88. The Bertz CT molecular complexity index is 536. The van der Waals surface area contributed by atoms with E-state index in [9.17, 15) is 14.3 Å². The van der Waals surface area contributed by atoms with Crippen LogP contribution in [0.3, 0.4) is 0 Å². The molecule has 1 N–H and O–H groups in total. The van der Waals surface area contributed by atoms with E-state index < -0.39 is 29.5 Å². The first kappa shape index (κ1) is 15.9. The van der Waals surface area contributed by atoms with Crippen molar-refractivity contribution in [2.45, 2.75) is 38.5 Å². The molecule has 0 fully saturated rings. The molecule has 6 nitrogen and oxygen atoms in total. The van der Waals surface area contributed by atoms with Crippen molar-refractivity contribution >= 4 is 5.97 Å². The van der Waals surface area contributed by atoms with E-state index in [0.29, 0.717) is 0 Å². The molecule has 0 radical (unpaired) electrons. The largest absolute Gasteiger partial charge is 0.460 e. The molecule has 1 aromatic carbocycles. The van der Waals surface area contributed by atoms with Crippen molar-refractivity contribution in [1.82, 2.24) is 0 Å². The van der Waals surface area contributed by atoms with Gasteiger partial charge in [0.1, 0.15) is 17.5 Å². The number of carbonyl (C=O) groups is 1. The van der Waals surface area contributed by atoms with Crippen molar-refractivity contribution in [3.8, 4) is 0 Å². The molecule has 0 aliphatic carbocycles.